The van der Waals surface area contributed by atoms with Crippen molar-refractivity contribution in [1.82, 2.24) is 10.2 Å². The van der Waals surface area contributed by atoms with Crippen LogP contribution in [0.25, 0.3) is 0 Å². The second kappa shape index (κ2) is 5.38. The molecule has 100 valence electrons. The molecule has 1 amide bonds. The van der Waals surface area contributed by atoms with Crippen LogP contribution in [0.1, 0.15) is 30.0 Å². The Morgan fingerprint density at radius 2 is 2.26 bits per heavy atom. The first-order valence-electron chi connectivity index (χ1n) is 5.90. The summed E-state index contributed by atoms with van der Waals surface area (Å²) in [6.07, 6.45) is 2.77. The summed E-state index contributed by atoms with van der Waals surface area (Å²) in [5.41, 5.74) is 2.10. The molecule has 0 radical (unpaired) electrons. The predicted octanol–water partition coefficient (Wildman–Crippen LogP) is 4.05. The summed E-state index contributed by atoms with van der Waals surface area (Å²) >= 11 is 8.42. The van der Waals surface area contributed by atoms with Gasteiger partial charge in [-0.15, -0.1) is 11.3 Å². The number of carbonyl (C=O) groups is 1. The lowest BCUT2D eigenvalue weighted by Crippen LogP contribution is -2.14. The Bertz CT molecular complexity index is 618. The molecule has 1 aliphatic rings. The number of halogens is 2. The van der Waals surface area contributed by atoms with Crippen LogP contribution >= 0.6 is 43.2 Å². The van der Waals surface area contributed by atoms with Gasteiger partial charge in [-0.05, 0) is 56.3 Å². The van der Waals surface area contributed by atoms with Crippen molar-refractivity contribution in [2.24, 2.45) is 0 Å². The Kier molecular flexibility index (Phi) is 3.77. The highest BCUT2D eigenvalue weighted by atomic mass is 79.9. The molecule has 19 heavy (non-hydrogen) atoms. The van der Waals surface area contributed by atoms with E-state index in [1.54, 1.807) is 11.3 Å². The largest absolute Gasteiger partial charge is 0.309 e. The molecule has 4 nitrogen and oxygen atoms in total. The number of H-pyrrole nitrogens is 1. The molecule has 2 aromatic heterocycles. The van der Waals surface area contributed by atoms with Crippen molar-refractivity contribution >= 4 is 54.9 Å². The Morgan fingerprint density at radius 1 is 1.47 bits per heavy atom. The minimum atomic E-state index is -0.0557. The lowest BCUT2D eigenvalue weighted by atomic mass is 10.2. The maximum absolute atomic E-state index is 11.9. The molecule has 1 aliphatic carbocycles. The molecule has 2 heterocycles. The lowest BCUT2D eigenvalue weighted by Gasteiger charge is -2.00. The zero-order chi connectivity index (χ0) is 13.4. The topological polar surface area (TPSA) is 57.8 Å². The molecule has 0 spiro atoms. The number of aromatic amines is 1. The van der Waals surface area contributed by atoms with Crippen LogP contribution in [0.3, 0.4) is 0 Å². The van der Waals surface area contributed by atoms with Crippen LogP contribution in [0, 0.1) is 0 Å². The van der Waals surface area contributed by atoms with E-state index in [0.29, 0.717) is 18.2 Å². The van der Waals surface area contributed by atoms with Gasteiger partial charge in [0.25, 0.3) is 0 Å². The second-order valence-electron chi connectivity index (χ2n) is 4.56. The first-order valence-corrected chi connectivity index (χ1v) is 8.31. The van der Waals surface area contributed by atoms with Crippen molar-refractivity contribution in [3.63, 3.8) is 0 Å². The number of hydrogen-bond donors (Lipinski definition) is 2. The molecule has 2 aromatic rings. The number of hydrogen-bond acceptors (Lipinski definition) is 3. The van der Waals surface area contributed by atoms with Gasteiger partial charge < -0.3 is 5.32 Å². The fourth-order valence-corrected chi connectivity index (χ4v) is 4.68. The summed E-state index contributed by atoms with van der Waals surface area (Å²) in [5, 5.41) is 9.90. The monoisotopic (exact) mass is 403 g/mol. The van der Waals surface area contributed by atoms with Crippen LogP contribution in [0.4, 0.5) is 5.82 Å². The van der Waals surface area contributed by atoms with Gasteiger partial charge in [0.1, 0.15) is 0 Å². The lowest BCUT2D eigenvalue weighted by molar-refractivity contribution is -0.115. The summed E-state index contributed by atoms with van der Waals surface area (Å²) in [6.45, 7) is 0. The summed E-state index contributed by atoms with van der Waals surface area (Å²) in [7, 11) is 0. The van der Waals surface area contributed by atoms with Crippen LogP contribution in [-0.4, -0.2) is 16.1 Å². The second-order valence-corrected chi connectivity index (χ2v) is 8.31. The molecule has 7 heteroatoms. The van der Waals surface area contributed by atoms with Gasteiger partial charge in [0.2, 0.25) is 5.91 Å². The fraction of sp³-hybridized carbons (Fsp3) is 0.333. The predicted molar refractivity (Wildman–Crippen MR) is 82.6 cm³/mol. The number of thiophene rings is 1. The average Bonchev–Trinajstić information content (AvgIpc) is 3.01. The number of amides is 1. The van der Waals surface area contributed by atoms with Crippen molar-refractivity contribution in [3.8, 4) is 0 Å². The number of nitrogens with one attached hydrogen (secondary N) is 2. The molecule has 0 bridgehead atoms. The molecule has 0 atom stereocenters. The number of nitrogens with zero attached hydrogens (tertiary/aromatic N) is 1. The third-order valence-corrected chi connectivity index (χ3v) is 5.42. The molecule has 3 rings (SSSR count). The maximum atomic E-state index is 11.9. The quantitative estimate of drug-likeness (QED) is 0.807. The van der Waals surface area contributed by atoms with Gasteiger partial charge in [-0.1, -0.05) is 0 Å². The van der Waals surface area contributed by atoms with E-state index in [4.69, 9.17) is 0 Å². The first-order chi connectivity index (χ1) is 9.11. The highest BCUT2D eigenvalue weighted by Crippen LogP contribution is 2.39. The van der Waals surface area contributed by atoms with Gasteiger partial charge in [-0.25, -0.2) is 0 Å². The standard InChI is InChI=1S/C12H11Br2N3OS/c13-9-3-7(12(14)19-9)4-11(18)15-10-5-8(16-17-10)6-1-2-6/h3,5-6H,1-2,4H2,(H2,15,16,17,18). The smallest absolute Gasteiger partial charge is 0.230 e. The van der Waals surface area contributed by atoms with Crippen molar-refractivity contribution in [2.45, 2.75) is 25.2 Å². The Hall–Kier alpha value is -0.660. The highest BCUT2D eigenvalue weighted by molar-refractivity contribution is 9.12. The molecule has 0 aromatic carbocycles. The van der Waals surface area contributed by atoms with E-state index in [1.807, 2.05) is 12.1 Å². The van der Waals surface area contributed by atoms with Gasteiger partial charge in [0.15, 0.2) is 5.82 Å². The van der Waals surface area contributed by atoms with E-state index in [9.17, 15) is 4.79 Å². The van der Waals surface area contributed by atoms with E-state index in [2.05, 4.69) is 47.4 Å². The Labute approximate surface area is 131 Å². The fourth-order valence-electron chi connectivity index (χ4n) is 1.86. The summed E-state index contributed by atoms with van der Waals surface area (Å²) in [6, 6.07) is 3.88. The van der Waals surface area contributed by atoms with Crippen molar-refractivity contribution in [2.75, 3.05) is 5.32 Å². The van der Waals surface area contributed by atoms with Crippen LogP contribution in [0.2, 0.25) is 0 Å². The molecule has 2 N–H and O–H groups in total. The van der Waals surface area contributed by atoms with Gasteiger partial charge >= 0.3 is 0 Å². The van der Waals surface area contributed by atoms with Gasteiger partial charge in [0, 0.05) is 17.7 Å². The van der Waals surface area contributed by atoms with Crippen LogP contribution < -0.4 is 5.32 Å². The van der Waals surface area contributed by atoms with Crippen molar-refractivity contribution in [3.05, 3.63) is 31.0 Å². The van der Waals surface area contributed by atoms with Gasteiger partial charge in [-0.2, -0.15) is 5.10 Å². The van der Waals surface area contributed by atoms with E-state index >= 15 is 0 Å². The third-order valence-electron chi connectivity index (χ3n) is 2.96. The zero-order valence-corrected chi connectivity index (χ0v) is 13.9. The highest BCUT2D eigenvalue weighted by Gasteiger charge is 2.25. The molecular weight excluding hydrogens is 394 g/mol. The molecule has 1 saturated carbocycles. The van der Waals surface area contributed by atoms with Crippen LogP contribution in [0.15, 0.2) is 19.7 Å². The molecule has 0 unspecified atom stereocenters. The Morgan fingerprint density at radius 3 is 2.89 bits per heavy atom. The van der Waals surface area contributed by atoms with Crippen LogP contribution in [-0.2, 0) is 11.2 Å². The van der Waals surface area contributed by atoms with Crippen LogP contribution in [0.5, 0.6) is 0 Å². The zero-order valence-electron chi connectivity index (χ0n) is 9.87. The molecular formula is C12H11Br2N3OS. The number of carbonyl (C=O) groups excluding carboxylic acids is 1. The minimum Gasteiger partial charge on any atom is -0.309 e. The third kappa shape index (κ3) is 3.27. The van der Waals surface area contributed by atoms with Crippen molar-refractivity contribution in [1.29, 1.82) is 0 Å². The van der Waals surface area contributed by atoms with Crippen molar-refractivity contribution < 1.29 is 4.79 Å². The summed E-state index contributed by atoms with van der Waals surface area (Å²) in [5.74, 6) is 1.16. The van der Waals surface area contributed by atoms with E-state index in [-0.39, 0.29) is 5.91 Å². The summed E-state index contributed by atoms with van der Waals surface area (Å²) < 4.78 is 1.99. The van der Waals surface area contributed by atoms with E-state index < -0.39 is 0 Å². The summed E-state index contributed by atoms with van der Waals surface area (Å²) in [4.78, 5) is 11.9. The number of rotatable bonds is 4. The minimum absolute atomic E-state index is 0.0557. The maximum Gasteiger partial charge on any atom is 0.230 e. The SMILES string of the molecule is O=C(Cc1cc(Br)sc1Br)Nc1cc(C2CC2)[nH]n1. The van der Waals surface area contributed by atoms with E-state index in [1.165, 1.54) is 12.8 Å². The first kappa shape index (κ1) is 13.3. The molecule has 0 saturated heterocycles. The average molecular weight is 405 g/mol. The Balaban J connectivity index is 1.62. The molecule has 0 aliphatic heterocycles. The van der Waals surface area contributed by atoms with Gasteiger partial charge in [-0.3, -0.25) is 9.89 Å². The number of anilines is 1. The molecule has 1 fully saturated rings. The van der Waals surface area contributed by atoms with Gasteiger partial charge in [0.05, 0.1) is 14.0 Å². The normalized spacial score (nSPS) is 14.6. The van der Waals surface area contributed by atoms with E-state index in [0.717, 1.165) is 18.8 Å². The number of aromatic nitrogens is 2.